The lowest BCUT2D eigenvalue weighted by atomic mass is 10.0. The maximum atomic E-state index is 4.21. The summed E-state index contributed by atoms with van der Waals surface area (Å²) in [7, 11) is 0. The number of rotatable bonds is 6. The highest BCUT2D eigenvalue weighted by Crippen LogP contribution is 2.40. The minimum absolute atomic E-state index is 0.713. The Labute approximate surface area is 137 Å². The predicted molar refractivity (Wildman–Crippen MR) is 94.9 cm³/mol. The predicted octanol–water partition coefficient (Wildman–Crippen LogP) is 5.34. The number of hydrogen-bond donors (Lipinski definition) is 0. The Morgan fingerprint density at radius 3 is 1.95 bits per heavy atom. The van der Waals surface area contributed by atoms with Crippen LogP contribution in [0, 0.1) is 0 Å². The molecule has 2 fully saturated rings. The van der Waals surface area contributed by atoms with Crippen molar-refractivity contribution in [2.75, 3.05) is 0 Å². The summed E-state index contributed by atoms with van der Waals surface area (Å²) in [5, 5.41) is 1.81. The van der Waals surface area contributed by atoms with Crippen molar-refractivity contribution in [1.29, 1.82) is 0 Å². The number of thioether (sulfide) groups is 2. The van der Waals surface area contributed by atoms with Crippen molar-refractivity contribution in [1.82, 2.24) is 9.55 Å². The normalized spacial score (nSPS) is 22.0. The molecule has 0 spiro atoms. The molecule has 118 valence electrons. The largest absolute Gasteiger partial charge is 0.336 e. The van der Waals surface area contributed by atoms with Crippen LogP contribution in [0.25, 0.3) is 0 Å². The zero-order valence-corrected chi connectivity index (χ0v) is 14.6. The number of nitrogens with zero attached hydrogens (tertiary/aromatic N) is 2. The van der Waals surface area contributed by atoms with E-state index in [-0.39, 0.29) is 0 Å². The van der Waals surface area contributed by atoms with Crippen molar-refractivity contribution in [2.24, 2.45) is 0 Å². The van der Waals surface area contributed by atoms with Crippen molar-refractivity contribution in [2.45, 2.75) is 85.8 Å². The highest BCUT2D eigenvalue weighted by atomic mass is 32.2. The summed E-state index contributed by atoms with van der Waals surface area (Å²) >= 11 is 4.54. The van der Waals surface area contributed by atoms with Gasteiger partial charge in [-0.3, -0.25) is 0 Å². The van der Waals surface area contributed by atoms with Gasteiger partial charge in [0.15, 0.2) is 0 Å². The van der Waals surface area contributed by atoms with E-state index >= 15 is 0 Å². The minimum Gasteiger partial charge on any atom is -0.336 e. The Morgan fingerprint density at radius 2 is 1.48 bits per heavy atom. The molecule has 0 radical (unpaired) electrons. The summed E-state index contributed by atoms with van der Waals surface area (Å²) in [5.41, 5.74) is 0. The zero-order chi connectivity index (χ0) is 14.3. The molecule has 3 rings (SSSR count). The molecule has 21 heavy (non-hydrogen) atoms. The van der Waals surface area contributed by atoms with E-state index in [1.807, 2.05) is 12.5 Å². The molecule has 2 saturated carbocycles. The molecule has 0 aromatic carbocycles. The third-order valence-corrected chi connectivity index (χ3v) is 8.00. The molecular formula is C17H28N2S2. The highest BCUT2D eigenvalue weighted by molar-refractivity contribution is 8.17. The molecule has 1 aromatic heterocycles. The minimum atomic E-state index is 0.713. The lowest BCUT2D eigenvalue weighted by Crippen LogP contribution is -2.20. The van der Waals surface area contributed by atoms with E-state index in [0.29, 0.717) is 4.58 Å². The third-order valence-electron chi connectivity index (χ3n) is 4.71. The van der Waals surface area contributed by atoms with Crippen LogP contribution >= 0.6 is 23.5 Å². The summed E-state index contributed by atoms with van der Waals surface area (Å²) in [6.07, 6.45) is 20.5. The van der Waals surface area contributed by atoms with Crippen LogP contribution in [0.1, 0.15) is 64.2 Å². The van der Waals surface area contributed by atoms with E-state index in [4.69, 9.17) is 0 Å². The van der Waals surface area contributed by atoms with Gasteiger partial charge in [-0.1, -0.05) is 38.5 Å². The fourth-order valence-corrected chi connectivity index (χ4v) is 7.30. The molecule has 0 N–H and O–H groups in total. The van der Waals surface area contributed by atoms with Crippen LogP contribution in [0.2, 0.25) is 0 Å². The van der Waals surface area contributed by atoms with E-state index in [0.717, 1.165) is 17.0 Å². The van der Waals surface area contributed by atoms with Gasteiger partial charge in [-0.05, 0) is 25.7 Å². The summed E-state index contributed by atoms with van der Waals surface area (Å²) in [6, 6.07) is 0. The average molecular weight is 325 g/mol. The van der Waals surface area contributed by atoms with Crippen molar-refractivity contribution in [3.05, 3.63) is 18.7 Å². The van der Waals surface area contributed by atoms with Crippen LogP contribution in [-0.2, 0) is 6.54 Å². The van der Waals surface area contributed by atoms with Gasteiger partial charge < -0.3 is 4.57 Å². The van der Waals surface area contributed by atoms with Gasteiger partial charge in [0.05, 0.1) is 10.9 Å². The number of imidazole rings is 1. The van der Waals surface area contributed by atoms with E-state index in [9.17, 15) is 0 Å². The van der Waals surface area contributed by atoms with E-state index < -0.39 is 0 Å². The van der Waals surface area contributed by atoms with Crippen LogP contribution in [0.3, 0.4) is 0 Å². The number of hydrogen-bond acceptors (Lipinski definition) is 3. The molecule has 0 unspecified atom stereocenters. The van der Waals surface area contributed by atoms with Crippen LogP contribution in [0.5, 0.6) is 0 Å². The maximum Gasteiger partial charge on any atom is 0.0946 e. The van der Waals surface area contributed by atoms with E-state index in [2.05, 4.69) is 39.3 Å². The molecule has 0 bridgehead atoms. The molecule has 1 aromatic rings. The quantitative estimate of drug-likeness (QED) is 0.658. The van der Waals surface area contributed by atoms with Gasteiger partial charge in [-0.25, -0.2) is 4.98 Å². The molecule has 2 nitrogen and oxygen atoms in total. The smallest absolute Gasteiger partial charge is 0.0946 e. The Bertz CT molecular complexity index is 362. The van der Waals surface area contributed by atoms with Gasteiger partial charge in [0.1, 0.15) is 0 Å². The molecule has 0 aliphatic heterocycles. The third kappa shape index (κ3) is 5.24. The lowest BCUT2D eigenvalue weighted by molar-refractivity contribution is 0.512. The topological polar surface area (TPSA) is 17.8 Å². The molecule has 0 saturated heterocycles. The Morgan fingerprint density at radius 1 is 0.905 bits per heavy atom. The Hall–Kier alpha value is -0.0900. The summed E-state index contributed by atoms with van der Waals surface area (Å²) in [4.78, 5) is 4.21. The fourth-order valence-electron chi connectivity index (χ4n) is 3.52. The van der Waals surface area contributed by atoms with Gasteiger partial charge >= 0.3 is 0 Å². The summed E-state index contributed by atoms with van der Waals surface area (Å²) in [5.74, 6) is 0. The Kier molecular flexibility index (Phi) is 6.41. The first-order chi connectivity index (χ1) is 10.4. The zero-order valence-electron chi connectivity index (χ0n) is 13.0. The molecule has 4 heteroatoms. The van der Waals surface area contributed by atoms with Crippen LogP contribution in [-0.4, -0.2) is 24.6 Å². The second-order valence-electron chi connectivity index (χ2n) is 6.48. The van der Waals surface area contributed by atoms with Gasteiger partial charge in [-0.2, -0.15) is 0 Å². The molecule has 0 atom stereocenters. The fraction of sp³-hybridized carbons (Fsp3) is 0.824. The molecule has 2 aliphatic carbocycles. The van der Waals surface area contributed by atoms with Crippen LogP contribution < -0.4 is 0 Å². The molecule has 1 heterocycles. The standard InChI is InChI=1S/C17H28N2S2/c1-3-7-15(8-4-1)20-17(13-19-12-11-18-14-19)21-16-9-5-2-6-10-16/h11-12,14-17H,1-10,13H2. The maximum absolute atomic E-state index is 4.21. The van der Waals surface area contributed by atoms with Gasteiger partial charge in [0, 0.05) is 29.4 Å². The second kappa shape index (κ2) is 8.52. The van der Waals surface area contributed by atoms with Gasteiger partial charge in [0.25, 0.3) is 0 Å². The van der Waals surface area contributed by atoms with Crippen molar-refractivity contribution in [3.63, 3.8) is 0 Å². The molecule has 0 amide bonds. The first-order valence-corrected chi connectivity index (χ1v) is 10.6. The van der Waals surface area contributed by atoms with E-state index in [1.165, 1.54) is 64.2 Å². The van der Waals surface area contributed by atoms with Crippen LogP contribution in [0.15, 0.2) is 18.7 Å². The van der Waals surface area contributed by atoms with Gasteiger partial charge in [-0.15, -0.1) is 23.5 Å². The molecule has 2 aliphatic rings. The van der Waals surface area contributed by atoms with Crippen molar-refractivity contribution in [3.8, 4) is 0 Å². The summed E-state index contributed by atoms with van der Waals surface area (Å²) < 4.78 is 2.99. The van der Waals surface area contributed by atoms with Crippen LogP contribution in [0.4, 0.5) is 0 Å². The van der Waals surface area contributed by atoms with Crippen molar-refractivity contribution < 1.29 is 0 Å². The Balaban J connectivity index is 1.55. The molecular weight excluding hydrogens is 296 g/mol. The van der Waals surface area contributed by atoms with E-state index in [1.54, 1.807) is 0 Å². The summed E-state index contributed by atoms with van der Waals surface area (Å²) in [6.45, 7) is 1.13. The average Bonchev–Trinajstić information content (AvgIpc) is 3.02. The first kappa shape index (κ1) is 15.8. The van der Waals surface area contributed by atoms with Crippen molar-refractivity contribution >= 4 is 23.5 Å². The first-order valence-electron chi connectivity index (χ1n) is 8.67. The lowest BCUT2D eigenvalue weighted by Gasteiger charge is -2.30. The highest BCUT2D eigenvalue weighted by Gasteiger charge is 2.24. The SMILES string of the molecule is c1cn(CC(SC2CCCCC2)SC2CCCCC2)cn1. The number of aromatic nitrogens is 2. The monoisotopic (exact) mass is 324 g/mol. The second-order valence-corrected chi connectivity index (χ2v) is 9.80. The van der Waals surface area contributed by atoms with Gasteiger partial charge in [0.2, 0.25) is 0 Å².